The number of carboxylic acids is 1. The molecular weight excluding hydrogens is 764 g/mol. The van der Waals surface area contributed by atoms with Crippen LogP contribution in [0.2, 0.25) is 0 Å². The summed E-state index contributed by atoms with van der Waals surface area (Å²) < 4.78 is 21.2. The van der Waals surface area contributed by atoms with Crippen LogP contribution >= 0.6 is 0 Å². The minimum absolute atomic E-state index is 0.00661. The third-order valence-corrected chi connectivity index (χ3v) is 9.22. The van der Waals surface area contributed by atoms with E-state index >= 15 is 0 Å². The van der Waals surface area contributed by atoms with Gasteiger partial charge in [-0.15, -0.1) is 0 Å². The van der Waals surface area contributed by atoms with E-state index < -0.39 is 78.0 Å². The fourth-order valence-corrected chi connectivity index (χ4v) is 6.10. The van der Waals surface area contributed by atoms with E-state index in [-0.39, 0.29) is 76.5 Å². The topological polar surface area (TPSA) is 218 Å². The number of methoxy groups -OCH3 is 1. The molecule has 0 heterocycles. The van der Waals surface area contributed by atoms with Crippen LogP contribution in [0.4, 0.5) is 0 Å². The number of Topliss-reactive ketones (excluding diaryl/α,β-unsaturated/α-hetero) is 3. The van der Waals surface area contributed by atoms with Crippen molar-refractivity contribution in [2.75, 3.05) is 26.9 Å². The Morgan fingerprint density at radius 3 is 1.69 bits per heavy atom. The maximum absolute atomic E-state index is 14.1. The van der Waals surface area contributed by atoms with E-state index in [9.17, 15) is 43.5 Å². The zero-order chi connectivity index (χ0) is 43.6. The van der Waals surface area contributed by atoms with Gasteiger partial charge in [0, 0.05) is 51.7 Å². The number of rotatable bonds is 31. The summed E-state index contributed by atoms with van der Waals surface area (Å²) in [6.45, 7) is 5.82. The lowest BCUT2D eigenvalue weighted by Gasteiger charge is -2.25. The molecule has 0 aliphatic heterocycles. The van der Waals surface area contributed by atoms with Crippen molar-refractivity contribution in [3.63, 3.8) is 0 Å². The van der Waals surface area contributed by atoms with Crippen LogP contribution in [0, 0.1) is 17.8 Å². The maximum atomic E-state index is 14.1. The number of carbonyl (C=O) groups is 8. The van der Waals surface area contributed by atoms with Gasteiger partial charge in [0.15, 0.2) is 11.6 Å². The quantitative estimate of drug-likeness (QED) is 0.0695. The zero-order valence-electron chi connectivity index (χ0n) is 34.6. The number of hydrogen-bond acceptors (Lipinski definition) is 12. The largest absolute Gasteiger partial charge is 0.481 e. The summed E-state index contributed by atoms with van der Waals surface area (Å²) in [4.78, 5) is 104. The molecule has 0 bridgehead atoms. The highest BCUT2D eigenvalue weighted by molar-refractivity contribution is 5.96. The molecule has 0 aliphatic carbocycles. The highest BCUT2D eigenvalue weighted by atomic mass is 16.5. The van der Waals surface area contributed by atoms with Crippen molar-refractivity contribution in [2.45, 2.75) is 110 Å². The summed E-state index contributed by atoms with van der Waals surface area (Å²) in [5.74, 6) is -7.90. The van der Waals surface area contributed by atoms with Crippen LogP contribution in [-0.2, 0) is 70.5 Å². The number of ether oxygens (including phenoxy) is 4. The van der Waals surface area contributed by atoms with Gasteiger partial charge in [0.25, 0.3) is 0 Å². The Hall–Kier alpha value is -5.28. The molecular formula is C44H60N2O13. The molecule has 0 radical (unpaired) electrons. The van der Waals surface area contributed by atoms with E-state index in [0.29, 0.717) is 19.6 Å². The molecule has 3 N–H and O–H groups in total. The van der Waals surface area contributed by atoms with Gasteiger partial charge in [0.05, 0.1) is 37.6 Å². The summed E-state index contributed by atoms with van der Waals surface area (Å²) >= 11 is 0. The predicted octanol–water partition coefficient (Wildman–Crippen LogP) is 4.71. The molecule has 59 heavy (non-hydrogen) atoms. The molecule has 0 fully saturated rings. The molecule has 0 spiro atoms. The number of ketones is 3. The van der Waals surface area contributed by atoms with Crippen molar-refractivity contribution in [3.8, 4) is 0 Å². The number of esters is 2. The van der Waals surface area contributed by atoms with Gasteiger partial charge in [-0.3, -0.25) is 33.6 Å². The second kappa shape index (κ2) is 28.2. The molecule has 2 aromatic carbocycles. The van der Waals surface area contributed by atoms with Crippen molar-refractivity contribution < 1.29 is 62.4 Å². The Morgan fingerprint density at radius 2 is 1.17 bits per heavy atom. The lowest BCUT2D eigenvalue weighted by molar-refractivity contribution is -0.147. The van der Waals surface area contributed by atoms with Gasteiger partial charge in [-0.05, 0) is 49.7 Å². The molecule has 324 valence electrons. The molecule has 4 atom stereocenters. The van der Waals surface area contributed by atoms with E-state index in [1.807, 2.05) is 26.0 Å². The average Bonchev–Trinajstić information content (AvgIpc) is 3.20. The summed E-state index contributed by atoms with van der Waals surface area (Å²) in [7, 11) is 1.54. The average molecular weight is 825 g/mol. The van der Waals surface area contributed by atoms with E-state index in [1.54, 1.807) is 48.5 Å². The molecule has 2 amide bonds. The summed E-state index contributed by atoms with van der Waals surface area (Å²) in [6.07, 6.45) is -1.69. The van der Waals surface area contributed by atoms with Crippen molar-refractivity contribution >= 4 is 47.1 Å². The molecule has 0 aromatic heterocycles. The number of hydrogen-bond donors (Lipinski definition) is 3. The normalized spacial score (nSPS) is 13.0. The minimum Gasteiger partial charge on any atom is -0.481 e. The van der Waals surface area contributed by atoms with Crippen molar-refractivity contribution in [2.24, 2.45) is 17.8 Å². The van der Waals surface area contributed by atoms with Crippen molar-refractivity contribution in [3.05, 3.63) is 71.8 Å². The van der Waals surface area contributed by atoms with Gasteiger partial charge in [0.2, 0.25) is 11.8 Å². The first kappa shape index (κ1) is 49.9. The summed E-state index contributed by atoms with van der Waals surface area (Å²) in [6, 6.07) is 15.7. The third kappa shape index (κ3) is 21.9. The van der Waals surface area contributed by atoms with Crippen LogP contribution in [0.15, 0.2) is 60.7 Å². The van der Waals surface area contributed by atoms with Gasteiger partial charge < -0.3 is 39.5 Å². The van der Waals surface area contributed by atoms with Gasteiger partial charge in [0.1, 0.15) is 19.0 Å². The number of aliphatic carboxylic acids is 1. The van der Waals surface area contributed by atoms with Crippen LogP contribution in [0.5, 0.6) is 0 Å². The summed E-state index contributed by atoms with van der Waals surface area (Å²) in [5, 5.41) is 14.7. The van der Waals surface area contributed by atoms with Gasteiger partial charge in [-0.1, -0.05) is 74.5 Å². The van der Waals surface area contributed by atoms with Gasteiger partial charge >= 0.3 is 17.9 Å². The molecule has 2 rings (SSSR count). The highest BCUT2D eigenvalue weighted by Crippen LogP contribution is 2.20. The monoisotopic (exact) mass is 824 g/mol. The Labute approximate surface area is 346 Å². The smallest absolute Gasteiger partial charge is 0.306 e. The minimum atomic E-state index is -1.29. The molecule has 0 unspecified atom stereocenters. The second-order valence-corrected chi connectivity index (χ2v) is 14.9. The number of nitrogens with one attached hydrogen (secondary N) is 2. The third-order valence-electron chi connectivity index (χ3n) is 9.22. The first-order chi connectivity index (χ1) is 28.2. The molecule has 2 aromatic rings. The van der Waals surface area contributed by atoms with Gasteiger partial charge in [-0.2, -0.15) is 0 Å². The van der Waals surface area contributed by atoms with Crippen molar-refractivity contribution in [1.82, 2.24) is 10.6 Å². The zero-order valence-corrected chi connectivity index (χ0v) is 34.6. The van der Waals surface area contributed by atoms with Gasteiger partial charge in [-0.25, -0.2) is 0 Å². The Kier molecular flexibility index (Phi) is 23.8. The fraction of sp³-hybridized carbons (Fsp3) is 0.545. The molecule has 15 nitrogen and oxygen atoms in total. The van der Waals surface area contributed by atoms with Crippen LogP contribution in [-0.4, -0.2) is 91.2 Å². The van der Waals surface area contributed by atoms with Crippen LogP contribution < -0.4 is 10.6 Å². The molecule has 0 aliphatic rings. The number of amides is 2. The molecule has 0 saturated heterocycles. The number of benzene rings is 2. The van der Waals surface area contributed by atoms with Crippen LogP contribution in [0.1, 0.15) is 96.1 Å². The van der Waals surface area contributed by atoms with Crippen LogP contribution in [0.25, 0.3) is 0 Å². The van der Waals surface area contributed by atoms with E-state index in [4.69, 9.17) is 18.9 Å². The lowest BCUT2D eigenvalue weighted by Crippen LogP contribution is -2.48. The lowest BCUT2D eigenvalue weighted by atomic mass is 9.89. The standard InChI is InChI=1S/C44H60N2O13/c1-30(2)24-37(46-44(55)35(25-31(3)47)27-40(50)51)39(49)26-34(17-19-41(52)58-28-32-12-7-5-8-13-32)43(54)45-36(38(48)16-11-21-57-23-22-56-4)18-20-42(53)59-29-33-14-9-6-10-15-33/h5-10,12-15,30,34-37H,11,16-29H2,1-4H3,(H,45,54)(H,46,55)(H,50,51)/t34-,35+,36-,37-/m1/s1. The van der Waals surface area contributed by atoms with Crippen LogP contribution in [0.3, 0.4) is 0 Å². The van der Waals surface area contributed by atoms with E-state index in [0.717, 1.165) is 11.1 Å². The Bertz CT molecular complexity index is 1630. The molecule has 15 heteroatoms. The van der Waals surface area contributed by atoms with Crippen molar-refractivity contribution in [1.29, 1.82) is 0 Å². The first-order valence-electron chi connectivity index (χ1n) is 20.0. The maximum Gasteiger partial charge on any atom is 0.306 e. The number of carboxylic acid groups (broad SMARTS) is 1. The highest BCUT2D eigenvalue weighted by Gasteiger charge is 2.33. The van der Waals surface area contributed by atoms with E-state index in [1.165, 1.54) is 14.0 Å². The Balaban J connectivity index is 2.31. The molecule has 0 saturated carbocycles. The SMILES string of the molecule is COCCOCCCC(=O)[C@@H](CCC(=O)OCc1ccccc1)NC(=O)[C@H](CCC(=O)OCc1ccccc1)CC(=O)[C@@H](CC(C)C)NC(=O)[C@@H](CC(C)=O)CC(=O)O. The Morgan fingerprint density at radius 1 is 0.627 bits per heavy atom. The first-order valence-corrected chi connectivity index (χ1v) is 20.0. The second-order valence-electron chi connectivity index (χ2n) is 14.9. The summed E-state index contributed by atoms with van der Waals surface area (Å²) in [5.41, 5.74) is 1.52. The predicted molar refractivity (Wildman–Crippen MR) is 215 cm³/mol. The number of carbonyl (C=O) groups excluding carboxylic acids is 7. The van der Waals surface area contributed by atoms with E-state index in [2.05, 4.69) is 10.6 Å². The fourth-order valence-electron chi connectivity index (χ4n) is 6.10.